The Kier molecular flexibility index (Phi) is 5.15. The molecule has 0 radical (unpaired) electrons. The molecule has 152 valence electrons. The van der Waals surface area contributed by atoms with Crippen LogP contribution in [0, 0.1) is 17.4 Å². The summed E-state index contributed by atoms with van der Waals surface area (Å²) < 4.78 is 6.01. The number of likely N-dealkylation sites (N-methyl/N-ethyl adjacent to an activating group) is 1. The topological polar surface area (TPSA) is 94.0 Å². The zero-order valence-corrected chi connectivity index (χ0v) is 16.9. The van der Waals surface area contributed by atoms with Gasteiger partial charge in [-0.3, -0.25) is 9.89 Å². The SMILES string of the molecule is C[C@@H]1C[C@@]1(CN(C)C#N)NC(=O)c1cc(-c2ccccc2Oc2ccccc2)[nH]n1. The molecule has 1 fully saturated rings. The molecule has 1 aliphatic carbocycles. The molecule has 30 heavy (non-hydrogen) atoms. The Balaban J connectivity index is 1.52. The second-order valence-electron chi connectivity index (χ2n) is 7.75. The number of H-pyrrole nitrogens is 1. The van der Waals surface area contributed by atoms with Crippen LogP contribution >= 0.6 is 0 Å². The van der Waals surface area contributed by atoms with Crippen LogP contribution in [0.1, 0.15) is 23.8 Å². The number of rotatable bonds is 7. The molecule has 0 spiro atoms. The van der Waals surface area contributed by atoms with E-state index in [0.29, 0.717) is 29.6 Å². The molecule has 0 bridgehead atoms. The number of carbonyl (C=O) groups excluding carboxylic acids is 1. The van der Waals surface area contributed by atoms with Crippen LogP contribution in [0.25, 0.3) is 11.3 Å². The van der Waals surface area contributed by atoms with Gasteiger partial charge in [0.2, 0.25) is 0 Å². The first-order chi connectivity index (χ1) is 14.5. The molecule has 2 N–H and O–H groups in total. The Morgan fingerprint density at radius 2 is 2.00 bits per heavy atom. The van der Waals surface area contributed by atoms with Crippen LogP contribution < -0.4 is 10.1 Å². The van der Waals surface area contributed by atoms with Gasteiger partial charge in [-0.25, -0.2) is 0 Å². The van der Waals surface area contributed by atoms with Gasteiger partial charge in [-0.1, -0.05) is 37.3 Å². The number of para-hydroxylation sites is 2. The third-order valence-corrected chi connectivity index (χ3v) is 5.46. The summed E-state index contributed by atoms with van der Waals surface area (Å²) in [6, 6.07) is 18.8. The van der Waals surface area contributed by atoms with E-state index in [1.54, 1.807) is 13.1 Å². The van der Waals surface area contributed by atoms with Crippen LogP contribution in [0.3, 0.4) is 0 Å². The van der Waals surface area contributed by atoms with Crippen LogP contribution in [0.2, 0.25) is 0 Å². The minimum absolute atomic E-state index is 0.255. The highest BCUT2D eigenvalue weighted by Gasteiger charge is 2.53. The fraction of sp³-hybridized carbons (Fsp3) is 0.261. The number of nitrogens with zero attached hydrogens (tertiary/aromatic N) is 3. The normalized spacial score (nSPS) is 19.6. The second kappa shape index (κ2) is 7.91. The molecule has 4 rings (SSSR count). The molecule has 2 aromatic carbocycles. The third kappa shape index (κ3) is 3.98. The van der Waals surface area contributed by atoms with Crippen LogP contribution in [-0.2, 0) is 0 Å². The largest absolute Gasteiger partial charge is 0.457 e. The van der Waals surface area contributed by atoms with Crippen molar-refractivity contribution in [1.29, 1.82) is 5.26 Å². The lowest BCUT2D eigenvalue weighted by atomic mass is 10.1. The zero-order valence-electron chi connectivity index (χ0n) is 16.9. The summed E-state index contributed by atoms with van der Waals surface area (Å²) in [6.45, 7) is 2.56. The maximum atomic E-state index is 12.8. The Labute approximate surface area is 175 Å². The number of hydrogen-bond acceptors (Lipinski definition) is 5. The van der Waals surface area contributed by atoms with Crippen molar-refractivity contribution in [2.24, 2.45) is 5.92 Å². The predicted octanol–water partition coefficient (Wildman–Crippen LogP) is 3.79. The van der Waals surface area contributed by atoms with Crippen molar-refractivity contribution in [2.45, 2.75) is 18.9 Å². The minimum atomic E-state index is -0.380. The fourth-order valence-electron chi connectivity index (χ4n) is 3.64. The quantitative estimate of drug-likeness (QED) is 0.464. The number of nitrogens with one attached hydrogen (secondary N) is 2. The lowest BCUT2D eigenvalue weighted by molar-refractivity contribution is 0.0916. The fourth-order valence-corrected chi connectivity index (χ4v) is 3.64. The molecule has 1 heterocycles. The van der Waals surface area contributed by atoms with Gasteiger partial charge in [0.1, 0.15) is 11.5 Å². The summed E-state index contributed by atoms with van der Waals surface area (Å²) in [5.74, 6) is 1.46. The summed E-state index contributed by atoms with van der Waals surface area (Å²) in [4.78, 5) is 14.3. The Morgan fingerprint density at radius 3 is 2.70 bits per heavy atom. The molecular formula is C23H23N5O2. The summed E-state index contributed by atoms with van der Waals surface area (Å²) in [6.07, 6.45) is 2.94. The number of benzene rings is 2. The number of ether oxygens (including phenoxy) is 1. The van der Waals surface area contributed by atoms with E-state index in [4.69, 9.17) is 10.00 Å². The lowest BCUT2D eigenvalue weighted by Gasteiger charge is -2.21. The average Bonchev–Trinajstić information content (AvgIpc) is 3.15. The number of carbonyl (C=O) groups is 1. The summed E-state index contributed by atoms with van der Waals surface area (Å²) in [5.41, 5.74) is 1.43. The van der Waals surface area contributed by atoms with Crippen LogP contribution in [0.5, 0.6) is 11.5 Å². The molecule has 3 aromatic rings. The predicted molar refractivity (Wildman–Crippen MR) is 113 cm³/mol. The number of amides is 1. The van der Waals surface area contributed by atoms with Gasteiger partial charge in [0.15, 0.2) is 11.9 Å². The summed E-state index contributed by atoms with van der Waals surface area (Å²) in [5, 5.41) is 19.3. The number of aromatic amines is 1. The van der Waals surface area contributed by atoms with Crippen molar-refractivity contribution in [2.75, 3.05) is 13.6 Å². The Morgan fingerprint density at radius 1 is 1.30 bits per heavy atom. The average molecular weight is 401 g/mol. The van der Waals surface area contributed by atoms with Gasteiger partial charge in [0, 0.05) is 12.6 Å². The lowest BCUT2D eigenvalue weighted by Crippen LogP contribution is -2.45. The standard InChI is InChI=1S/C23H23N5O2/c1-16-13-23(16,14-28(2)15-24)25-22(29)20-12-19(26-27-20)18-10-6-7-11-21(18)30-17-8-4-3-5-9-17/h3-12,16H,13-14H2,1-2H3,(H,25,29)(H,26,27)/t16-,23+/m1/s1. The Bertz CT molecular complexity index is 1090. The van der Waals surface area contributed by atoms with Crippen LogP contribution in [-0.4, -0.2) is 40.1 Å². The van der Waals surface area contributed by atoms with E-state index in [1.165, 1.54) is 4.90 Å². The van der Waals surface area contributed by atoms with E-state index in [9.17, 15) is 4.79 Å². The monoisotopic (exact) mass is 401 g/mol. The molecule has 7 heteroatoms. The highest BCUT2D eigenvalue weighted by molar-refractivity contribution is 5.94. The molecular weight excluding hydrogens is 378 g/mol. The number of hydrogen-bond donors (Lipinski definition) is 2. The minimum Gasteiger partial charge on any atom is -0.457 e. The van der Waals surface area contributed by atoms with Gasteiger partial charge in [-0.05, 0) is 42.7 Å². The molecule has 0 aliphatic heterocycles. The van der Waals surface area contributed by atoms with Crippen LogP contribution in [0.4, 0.5) is 0 Å². The molecule has 1 aliphatic rings. The van der Waals surface area contributed by atoms with E-state index in [-0.39, 0.29) is 11.4 Å². The summed E-state index contributed by atoms with van der Waals surface area (Å²) in [7, 11) is 1.72. The maximum Gasteiger partial charge on any atom is 0.272 e. The van der Waals surface area contributed by atoms with Crippen molar-refractivity contribution >= 4 is 5.91 Å². The smallest absolute Gasteiger partial charge is 0.272 e. The highest BCUT2D eigenvalue weighted by Crippen LogP contribution is 2.43. The molecule has 1 saturated carbocycles. The Hall–Kier alpha value is -3.79. The second-order valence-corrected chi connectivity index (χ2v) is 7.75. The van der Waals surface area contributed by atoms with E-state index in [2.05, 4.69) is 28.6 Å². The van der Waals surface area contributed by atoms with Gasteiger partial charge < -0.3 is 15.0 Å². The zero-order chi connectivity index (χ0) is 21.1. The van der Waals surface area contributed by atoms with Gasteiger partial charge in [0.25, 0.3) is 5.91 Å². The van der Waals surface area contributed by atoms with E-state index in [0.717, 1.165) is 17.7 Å². The maximum absolute atomic E-state index is 12.8. The highest BCUT2D eigenvalue weighted by atomic mass is 16.5. The van der Waals surface area contributed by atoms with Gasteiger partial charge in [-0.15, -0.1) is 0 Å². The molecule has 1 aromatic heterocycles. The van der Waals surface area contributed by atoms with E-state index < -0.39 is 0 Å². The van der Waals surface area contributed by atoms with Gasteiger partial charge in [0.05, 0.1) is 17.8 Å². The molecule has 7 nitrogen and oxygen atoms in total. The van der Waals surface area contributed by atoms with Crippen molar-refractivity contribution in [3.63, 3.8) is 0 Å². The van der Waals surface area contributed by atoms with Gasteiger partial charge in [-0.2, -0.15) is 10.4 Å². The first-order valence-electron chi connectivity index (χ1n) is 9.82. The first kappa shape index (κ1) is 19.5. The van der Waals surface area contributed by atoms with E-state index in [1.807, 2.05) is 54.6 Å². The number of nitriles is 1. The van der Waals surface area contributed by atoms with Gasteiger partial charge >= 0.3 is 0 Å². The molecule has 1 amide bonds. The van der Waals surface area contributed by atoms with Crippen molar-refractivity contribution in [3.05, 3.63) is 66.4 Å². The summed E-state index contributed by atoms with van der Waals surface area (Å²) >= 11 is 0. The first-order valence-corrected chi connectivity index (χ1v) is 9.82. The third-order valence-electron chi connectivity index (χ3n) is 5.46. The van der Waals surface area contributed by atoms with E-state index >= 15 is 0 Å². The molecule has 2 atom stereocenters. The van der Waals surface area contributed by atoms with Crippen LogP contribution in [0.15, 0.2) is 60.7 Å². The van der Waals surface area contributed by atoms with Crippen molar-refractivity contribution in [3.8, 4) is 28.9 Å². The van der Waals surface area contributed by atoms with Crippen molar-refractivity contribution < 1.29 is 9.53 Å². The van der Waals surface area contributed by atoms with Crippen molar-refractivity contribution in [1.82, 2.24) is 20.4 Å². The molecule has 0 saturated heterocycles. The molecule has 0 unspecified atom stereocenters. The number of aromatic nitrogens is 2.